The maximum atomic E-state index is 6.03. The highest BCUT2D eigenvalue weighted by atomic mass is 35.5. The lowest BCUT2D eigenvalue weighted by Crippen LogP contribution is -1.96. The summed E-state index contributed by atoms with van der Waals surface area (Å²) in [5.41, 5.74) is 2.88. The third kappa shape index (κ3) is 4.81. The molecule has 0 unspecified atom stereocenters. The van der Waals surface area contributed by atoms with Crippen LogP contribution in [-0.4, -0.2) is 12.0 Å². The maximum absolute atomic E-state index is 6.03. The molecule has 25 heavy (non-hydrogen) atoms. The van der Waals surface area contributed by atoms with Crippen LogP contribution in [0.5, 0.6) is 11.6 Å². The van der Waals surface area contributed by atoms with E-state index < -0.39 is 0 Å². The van der Waals surface area contributed by atoms with Gasteiger partial charge in [-0.25, -0.2) is 4.98 Å². The number of anilines is 2. The molecule has 1 heterocycles. The number of hydrogen-bond donors (Lipinski definition) is 2. The minimum absolute atomic E-state index is 0.525. The SMILES string of the molecule is CNc1ccc(Oc2ncc(C)cc2NSc2cccc(Cl)c2)cc1. The lowest BCUT2D eigenvalue weighted by molar-refractivity contribution is 0.465. The average Bonchev–Trinajstić information content (AvgIpc) is 2.62. The van der Waals surface area contributed by atoms with Gasteiger partial charge in [0.1, 0.15) is 11.4 Å². The van der Waals surface area contributed by atoms with Crippen molar-refractivity contribution in [2.45, 2.75) is 11.8 Å². The van der Waals surface area contributed by atoms with Crippen molar-refractivity contribution in [2.24, 2.45) is 0 Å². The summed E-state index contributed by atoms with van der Waals surface area (Å²) in [6, 6.07) is 17.4. The molecule has 0 radical (unpaired) electrons. The number of nitrogens with one attached hydrogen (secondary N) is 2. The Labute approximate surface area is 156 Å². The second-order valence-electron chi connectivity index (χ2n) is 5.40. The minimum atomic E-state index is 0.525. The predicted molar refractivity (Wildman–Crippen MR) is 106 cm³/mol. The second-order valence-corrected chi connectivity index (χ2v) is 6.72. The van der Waals surface area contributed by atoms with Gasteiger partial charge < -0.3 is 14.8 Å². The van der Waals surface area contributed by atoms with Gasteiger partial charge in [0.15, 0.2) is 0 Å². The summed E-state index contributed by atoms with van der Waals surface area (Å²) in [7, 11) is 1.88. The van der Waals surface area contributed by atoms with Crippen molar-refractivity contribution < 1.29 is 4.74 Å². The van der Waals surface area contributed by atoms with Crippen LogP contribution in [0, 0.1) is 6.92 Å². The molecule has 0 atom stereocenters. The maximum Gasteiger partial charge on any atom is 0.243 e. The van der Waals surface area contributed by atoms with Gasteiger partial charge in [0.05, 0.1) is 0 Å². The predicted octanol–water partition coefficient (Wildman–Crippen LogP) is 6.00. The van der Waals surface area contributed by atoms with E-state index in [1.165, 1.54) is 11.9 Å². The van der Waals surface area contributed by atoms with E-state index in [4.69, 9.17) is 16.3 Å². The highest BCUT2D eigenvalue weighted by Gasteiger charge is 2.08. The molecule has 0 saturated carbocycles. The zero-order valence-corrected chi connectivity index (χ0v) is 15.5. The van der Waals surface area contributed by atoms with E-state index in [0.29, 0.717) is 10.9 Å². The van der Waals surface area contributed by atoms with Crippen LogP contribution in [0.3, 0.4) is 0 Å². The Balaban J connectivity index is 1.77. The number of rotatable bonds is 6. The van der Waals surface area contributed by atoms with Gasteiger partial charge in [-0.2, -0.15) is 0 Å². The van der Waals surface area contributed by atoms with Crippen molar-refractivity contribution in [2.75, 3.05) is 17.1 Å². The number of aryl methyl sites for hydroxylation is 1. The number of benzene rings is 2. The fourth-order valence-corrected chi connectivity index (χ4v) is 3.12. The molecule has 0 saturated heterocycles. The van der Waals surface area contributed by atoms with Gasteiger partial charge in [0.2, 0.25) is 5.88 Å². The molecular weight excluding hydrogens is 354 g/mol. The fraction of sp³-hybridized carbons (Fsp3) is 0.105. The first kappa shape index (κ1) is 17.5. The Morgan fingerprint density at radius 3 is 2.60 bits per heavy atom. The van der Waals surface area contributed by atoms with Crippen LogP contribution in [0.4, 0.5) is 11.4 Å². The Morgan fingerprint density at radius 2 is 1.88 bits per heavy atom. The van der Waals surface area contributed by atoms with E-state index in [1.54, 1.807) is 6.20 Å². The molecule has 0 aliphatic carbocycles. The van der Waals surface area contributed by atoms with Crippen LogP contribution >= 0.6 is 23.5 Å². The largest absolute Gasteiger partial charge is 0.437 e. The fourth-order valence-electron chi connectivity index (χ4n) is 2.16. The van der Waals surface area contributed by atoms with Crippen LogP contribution < -0.4 is 14.8 Å². The number of halogens is 1. The van der Waals surface area contributed by atoms with Crippen LogP contribution in [0.1, 0.15) is 5.56 Å². The van der Waals surface area contributed by atoms with Gasteiger partial charge in [-0.15, -0.1) is 0 Å². The zero-order chi connectivity index (χ0) is 17.6. The van der Waals surface area contributed by atoms with Gasteiger partial charge in [0, 0.05) is 28.9 Å². The summed E-state index contributed by atoms with van der Waals surface area (Å²) in [5.74, 6) is 1.25. The second kappa shape index (κ2) is 8.14. The molecule has 1 aromatic heterocycles. The van der Waals surface area contributed by atoms with E-state index in [2.05, 4.69) is 15.0 Å². The van der Waals surface area contributed by atoms with Crippen LogP contribution in [-0.2, 0) is 0 Å². The van der Waals surface area contributed by atoms with Gasteiger partial charge in [-0.05, 0) is 73.0 Å². The van der Waals surface area contributed by atoms with E-state index in [-0.39, 0.29) is 0 Å². The Hall–Kier alpha value is -2.37. The third-order valence-corrected chi connectivity index (χ3v) is 4.47. The molecule has 2 N–H and O–H groups in total. The monoisotopic (exact) mass is 371 g/mol. The Morgan fingerprint density at radius 1 is 1.08 bits per heavy atom. The summed E-state index contributed by atoms with van der Waals surface area (Å²) in [5, 5.41) is 3.79. The number of ether oxygens (including phenoxy) is 1. The van der Waals surface area contributed by atoms with Crippen LogP contribution in [0.25, 0.3) is 0 Å². The van der Waals surface area contributed by atoms with Crippen molar-refractivity contribution in [3.63, 3.8) is 0 Å². The number of nitrogens with zero attached hydrogens (tertiary/aromatic N) is 1. The van der Waals surface area contributed by atoms with E-state index >= 15 is 0 Å². The summed E-state index contributed by atoms with van der Waals surface area (Å²) < 4.78 is 9.23. The summed E-state index contributed by atoms with van der Waals surface area (Å²) in [6.45, 7) is 1.99. The van der Waals surface area contributed by atoms with Crippen molar-refractivity contribution in [3.8, 4) is 11.6 Å². The average molecular weight is 372 g/mol. The molecule has 4 nitrogen and oxygen atoms in total. The smallest absolute Gasteiger partial charge is 0.243 e. The number of hydrogen-bond acceptors (Lipinski definition) is 5. The van der Waals surface area contributed by atoms with E-state index in [0.717, 1.165) is 27.6 Å². The van der Waals surface area contributed by atoms with Crippen molar-refractivity contribution >= 4 is 34.9 Å². The van der Waals surface area contributed by atoms with Crippen molar-refractivity contribution in [1.29, 1.82) is 0 Å². The third-order valence-electron chi connectivity index (χ3n) is 3.42. The first-order valence-electron chi connectivity index (χ1n) is 7.75. The lowest BCUT2D eigenvalue weighted by Gasteiger charge is -2.12. The molecule has 0 amide bonds. The summed E-state index contributed by atoms with van der Waals surface area (Å²) in [6.07, 6.45) is 1.78. The van der Waals surface area contributed by atoms with Crippen molar-refractivity contribution in [1.82, 2.24) is 4.98 Å². The molecule has 0 spiro atoms. The molecule has 6 heteroatoms. The molecule has 128 valence electrons. The van der Waals surface area contributed by atoms with E-state index in [9.17, 15) is 0 Å². The quantitative estimate of drug-likeness (QED) is 0.520. The lowest BCUT2D eigenvalue weighted by atomic mass is 10.3. The summed E-state index contributed by atoms with van der Waals surface area (Å²) in [4.78, 5) is 5.42. The molecule has 3 aromatic rings. The normalized spacial score (nSPS) is 10.4. The Bertz CT molecular complexity index is 856. The van der Waals surface area contributed by atoms with Gasteiger partial charge in [-0.1, -0.05) is 17.7 Å². The molecule has 0 aliphatic rings. The van der Waals surface area contributed by atoms with Gasteiger partial charge >= 0.3 is 0 Å². The molecule has 0 aliphatic heterocycles. The van der Waals surface area contributed by atoms with Gasteiger partial charge in [0.25, 0.3) is 0 Å². The zero-order valence-electron chi connectivity index (χ0n) is 13.9. The van der Waals surface area contributed by atoms with Crippen LogP contribution in [0.15, 0.2) is 65.7 Å². The number of pyridine rings is 1. The van der Waals surface area contributed by atoms with Gasteiger partial charge in [-0.3, -0.25) is 0 Å². The molecule has 3 rings (SSSR count). The van der Waals surface area contributed by atoms with Crippen LogP contribution in [0.2, 0.25) is 5.02 Å². The topological polar surface area (TPSA) is 46.2 Å². The first-order valence-corrected chi connectivity index (χ1v) is 8.94. The summed E-state index contributed by atoms with van der Waals surface area (Å²) >= 11 is 7.49. The van der Waals surface area contributed by atoms with Crippen molar-refractivity contribution in [3.05, 3.63) is 71.4 Å². The number of aromatic nitrogens is 1. The minimum Gasteiger partial charge on any atom is -0.437 e. The molecule has 2 aromatic carbocycles. The highest BCUT2D eigenvalue weighted by molar-refractivity contribution is 8.00. The molecule has 0 bridgehead atoms. The molecule has 0 fully saturated rings. The Kier molecular flexibility index (Phi) is 5.68. The van der Waals surface area contributed by atoms with E-state index in [1.807, 2.05) is 68.6 Å². The highest BCUT2D eigenvalue weighted by Crippen LogP contribution is 2.32. The standard InChI is InChI=1S/C19H18ClN3OS/c1-13-10-18(23-25-17-5-3-4-14(20)11-17)19(22-12-13)24-16-8-6-15(21-2)7-9-16/h3-12,21,23H,1-2H3. The molecular formula is C19H18ClN3OS. The first-order chi connectivity index (χ1) is 12.1.